The van der Waals surface area contributed by atoms with Gasteiger partial charge in [0, 0.05) is 0 Å². The molecule has 2 aromatic carbocycles. The van der Waals surface area contributed by atoms with Crippen molar-refractivity contribution in [3.8, 4) is 11.5 Å². The molecule has 0 aliphatic heterocycles. The highest BCUT2D eigenvalue weighted by atomic mass is 35.5. The fourth-order valence-electron chi connectivity index (χ4n) is 2.26. The summed E-state index contributed by atoms with van der Waals surface area (Å²) in [5.74, 6) is 0.582. The van der Waals surface area contributed by atoms with Crippen molar-refractivity contribution in [1.82, 2.24) is 0 Å². The summed E-state index contributed by atoms with van der Waals surface area (Å²) < 4.78 is 10.1. The molecular formula is C16H14Cl4O4. The van der Waals surface area contributed by atoms with Crippen molar-refractivity contribution in [2.45, 2.75) is 12.2 Å². The average molecular weight is 412 g/mol. The van der Waals surface area contributed by atoms with Gasteiger partial charge in [0.25, 0.3) is 0 Å². The SMILES string of the molecule is COc1c(Cl)cc(C(O)C(O)c2cc(Cl)c(OC)c(Cl)c2)cc1Cl. The van der Waals surface area contributed by atoms with Crippen LogP contribution >= 0.6 is 46.4 Å². The smallest absolute Gasteiger partial charge is 0.156 e. The van der Waals surface area contributed by atoms with Crippen LogP contribution in [0.5, 0.6) is 11.5 Å². The summed E-state index contributed by atoms with van der Waals surface area (Å²) in [5.41, 5.74) is 0.641. The Morgan fingerprint density at radius 1 is 0.667 bits per heavy atom. The molecule has 2 unspecified atom stereocenters. The predicted octanol–water partition coefficient (Wildman–Crippen LogP) is 5.08. The van der Waals surface area contributed by atoms with Gasteiger partial charge in [-0.05, 0) is 35.4 Å². The summed E-state index contributed by atoms with van der Waals surface area (Å²) >= 11 is 24.2. The molecule has 0 bridgehead atoms. The Kier molecular flexibility index (Phi) is 6.48. The van der Waals surface area contributed by atoms with Crippen molar-refractivity contribution in [2.24, 2.45) is 0 Å². The summed E-state index contributed by atoms with van der Waals surface area (Å²) in [6.45, 7) is 0. The molecule has 0 saturated carbocycles. The Bertz CT molecular complexity index is 641. The largest absolute Gasteiger partial charge is 0.494 e. The van der Waals surface area contributed by atoms with E-state index in [1.807, 2.05) is 0 Å². The first kappa shape index (κ1) is 19.4. The summed E-state index contributed by atoms with van der Waals surface area (Å²) in [5, 5.41) is 21.8. The van der Waals surface area contributed by atoms with Gasteiger partial charge in [0.2, 0.25) is 0 Å². The van der Waals surface area contributed by atoms with Gasteiger partial charge in [-0.3, -0.25) is 0 Å². The van der Waals surface area contributed by atoms with E-state index in [-0.39, 0.29) is 20.1 Å². The lowest BCUT2D eigenvalue weighted by Gasteiger charge is -2.21. The minimum absolute atomic E-state index is 0.219. The van der Waals surface area contributed by atoms with Crippen LogP contribution in [0.4, 0.5) is 0 Å². The van der Waals surface area contributed by atoms with Crippen LogP contribution in [0.1, 0.15) is 23.3 Å². The van der Waals surface area contributed by atoms with Crippen LogP contribution in [-0.2, 0) is 0 Å². The van der Waals surface area contributed by atoms with Crippen molar-refractivity contribution >= 4 is 46.4 Å². The Labute approximate surface area is 159 Å². The van der Waals surface area contributed by atoms with Gasteiger partial charge in [0.1, 0.15) is 12.2 Å². The molecule has 130 valence electrons. The van der Waals surface area contributed by atoms with Gasteiger partial charge in [-0.2, -0.15) is 0 Å². The summed E-state index contributed by atoms with van der Waals surface area (Å²) in [6, 6.07) is 5.86. The van der Waals surface area contributed by atoms with Crippen LogP contribution in [0.2, 0.25) is 20.1 Å². The van der Waals surface area contributed by atoms with Gasteiger partial charge in [-0.1, -0.05) is 46.4 Å². The van der Waals surface area contributed by atoms with Gasteiger partial charge in [0.05, 0.1) is 34.3 Å². The van der Waals surface area contributed by atoms with E-state index in [2.05, 4.69) is 0 Å². The number of halogens is 4. The number of rotatable bonds is 5. The number of aliphatic hydroxyl groups excluding tert-OH is 2. The summed E-state index contributed by atoms with van der Waals surface area (Å²) in [4.78, 5) is 0. The first-order chi connectivity index (χ1) is 11.3. The molecule has 0 aliphatic carbocycles. The molecule has 0 aliphatic rings. The molecule has 0 aromatic heterocycles. The maximum atomic E-state index is 10.4. The Balaban J connectivity index is 2.38. The molecule has 0 heterocycles. The van der Waals surface area contributed by atoms with Gasteiger partial charge >= 0.3 is 0 Å². The molecule has 2 N–H and O–H groups in total. The second-order valence-corrected chi connectivity index (χ2v) is 6.55. The Hall–Kier alpha value is -0.880. The lowest BCUT2D eigenvalue weighted by molar-refractivity contribution is 0.0172. The summed E-state index contributed by atoms with van der Waals surface area (Å²) in [6.07, 6.45) is -2.60. The quantitative estimate of drug-likeness (QED) is 0.719. The van der Waals surface area contributed by atoms with Crippen LogP contribution in [0.25, 0.3) is 0 Å². The first-order valence-corrected chi connectivity index (χ1v) is 8.23. The maximum absolute atomic E-state index is 10.4. The maximum Gasteiger partial charge on any atom is 0.156 e. The molecule has 2 atom stereocenters. The van der Waals surface area contributed by atoms with E-state index in [1.165, 1.54) is 38.5 Å². The van der Waals surface area contributed by atoms with E-state index in [0.29, 0.717) is 22.6 Å². The molecule has 2 rings (SSSR count). The fourth-order valence-corrected chi connectivity index (χ4v) is 3.57. The highest BCUT2D eigenvalue weighted by molar-refractivity contribution is 6.37. The van der Waals surface area contributed by atoms with E-state index in [9.17, 15) is 10.2 Å². The molecule has 4 nitrogen and oxygen atoms in total. The summed E-state index contributed by atoms with van der Waals surface area (Å²) in [7, 11) is 2.86. The second-order valence-electron chi connectivity index (χ2n) is 4.93. The molecule has 0 radical (unpaired) electrons. The van der Waals surface area contributed by atoms with E-state index in [0.717, 1.165) is 0 Å². The van der Waals surface area contributed by atoms with E-state index < -0.39 is 12.2 Å². The van der Waals surface area contributed by atoms with Crippen LogP contribution in [0.15, 0.2) is 24.3 Å². The molecule has 0 amide bonds. The number of benzene rings is 2. The minimum atomic E-state index is -1.30. The van der Waals surface area contributed by atoms with E-state index in [4.69, 9.17) is 55.9 Å². The molecule has 2 aromatic rings. The van der Waals surface area contributed by atoms with E-state index >= 15 is 0 Å². The highest BCUT2D eigenvalue weighted by Crippen LogP contribution is 2.41. The number of ether oxygens (including phenoxy) is 2. The Morgan fingerprint density at radius 2 is 0.917 bits per heavy atom. The first-order valence-electron chi connectivity index (χ1n) is 6.72. The molecule has 0 fully saturated rings. The molecular weight excluding hydrogens is 398 g/mol. The lowest BCUT2D eigenvalue weighted by atomic mass is 9.98. The standard InChI is InChI=1S/C16H14Cl4O4/c1-23-15-9(17)3-7(4-10(15)18)13(21)14(22)8-5-11(19)16(24-2)12(20)6-8/h3-6,13-14,21-22H,1-2H3. The van der Waals surface area contributed by atoms with Crippen LogP contribution in [-0.4, -0.2) is 24.4 Å². The molecule has 0 saturated heterocycles. The number of hydrogen-bond donors (Lipinski definition) is 2. The van der Waals surface area contributed by atoms with E-state index in [1.54, 1.807) is 0 Å². The van der Waals surface area contributed by atoms with Gasteiger partial charge in [-0.15, -0.1) is 0 Å². The third-order valence-corrected chi connectivity index (χ3v) is 4.55. The number of aliphatic hydroxyl groups is 2. The third-order valence-electron chi connectivity index (χ3n) is 3.43. The third kappa shape index (κ3) is 3.85. The zero-order valence-electron chi connectivity index (χ0n) is 12.7. The van der Waals surface area contributed by atoms with Crippen molar-refractivity contribution in [3.63, 3.8) is 0 Å². The van der Waals surface area contributed by atoms with Crippen molar-refractivity contribution in [3.05, 3.63) is 55.5 Å². The number of hydrogen-bond acceptors (Lipinski definition) is 4. The minimum Gasteiger partial charge on any atom is -0.494 e. The monoisotopic (exact) mass is 410 g/mol. The van der Waals surface area contributed by atoms with Crippen molar-refractivity contribution in [1.29, 1.82) is 0 Å². The average Bonchev–Trinajstić information content (AvgIpc) is 2.52. The van der Waals surface area contributed by atoms with Gasteiger partial charge < -0.3 is 19.7 Å². The van der Waals surface area contributed by atoms with Crippen molar-refractivity contribution < 1.29 is 19.7 Å². The lowest BCUT2D eigenvalue weighted by Crippen LogP contribution is -2.11. The zero-order valence-corrected chi connectivity index (χ0v) is 15.7. The normalized spacial score (nSPS) is 13.5. The zero-order chi connectivity index (χ0) is 18.0. The topological polar surface area (TPSA) is 58.9 Å². The fraction of sp³-hybridized carbons (Fsp3) is 0.250. The molecule has 24 heavy (non-hydrogen) atoms. The number of methoxy groups -OCH3 is 2. The van der Waals surface area contributed by atoms with Gasteiger partial charge in [0.15, 0.2) is 11.5 Å². The van der Waals surface area contributed by atoms with Crippen LogP contribution in [0, 0.1) is 0 Å². The van der Waals surface area contributed by atoms with Crippen LogP contribution < -0.4 is 9.47 Å². The predicted molar refractivity (Wildman–Crippen MR) is 95.9 cm³/mol. The molecule has 0 spiro atoms. The Morgan fingerprint density at radius 3 is 1.12 bits per heavy atom. The van der Waals surface area contributed by atoms with Gasteiger partial charge in [-0.25, -0.2) is 0 Å². The van der Waals surface area contributed by atoms with Crippen molar-refractivity contribution in [2.75, 3.05) is 14.2 Å². The highest BCUT2D eigenvalue weighted by Gasteiger charge is 2.24. The van der Waals surface area contributed by atoms with Crippen LogP contribution in [0.3, 0.4) is 0 Å². The molecule has 8 heteroatoms. The second kappa shape index (κ2) is 8.00.